The Kier molecular flexibility index (Phi) is 7.29. The lowest BCUT2D eigenvalue weighted by Crippen LogP contribution is -2.14. The first-order chi connectivity index (χ1) is 17.4. The van der Waals surface area contributed by atoms with Gasteiger partial charge in [0.1, 0.15) is 11.3 Å². The van der Waals surface area contributed by atoms with Gasteiger partial charge in [-0.1, -0.05) is 39.8 Å². The molecule has 4 heterocycles. The van der Waals surface area contributed by atoms with Gasteiger partial charge in [0.15, 0.2) is 11.5 Å². The van der Waals surface area contributed by atoms with Crippen LogP contribution in [0.4, 0.5) is 5.82 Å². The zero-order chi connectivity index (χ0) is 25.8. The Morgan fingerprint density at radius 3 is 2.39 bits per heavy atom. The van der Waals surface area contributed by atoms with Crippen LogP contribution in [0.15, 0.2) is 77.9 Å². The summed E-state index contributed by atoms with van der Waals surface area (Å²) in [6, 6.07) is 19.5. The molecule has 0 saturated heterocycles. The maximum atomic E-state index is 12.2. The van der Waals surface area contributed by atoms with Crippen molar-refractivity contribution >= 4 is 17.0 Å². The minimum Gasteiger partial charge on any atom is -0.383 e. The van der Waals surface area contributed by atoms with Crippen LogP contribution in [0.1, 0.15) is 33.3 Å². The number of pyridine rings is 3. The largest absolute Gasteiger partial charge is 0.383 e. The zero-order valence-corrected chi connectivity index (χ0v) is 21.4. The molecular formula is C29H32N6O. The minimum atomic E-state index is -0.0857. The number of fused-ring (bicyclic) bond motifs is 1. The van der Waals surface area contributed by atoms with Crippen LogP contribution in [-0.4, -0.2) is 24.1 Å². The second-order valence-electron chi connectivity index (χ2n) is 8.88. The van der Waals surface area contributed by atoms with Crippen LogP contribution in [0.2, 0.25) is 0 Å². The van der Waals surface area contributed by atoms with E-state index in [1.165, 1.54) is 10.1 Å². The predicted molar refractivity (Wildman–Crippen MR) is 147 cm³/mol. The summed E-state index contributed by atoms with van der Waals surface area (Å²) >= 11 is 0. The number of nitrogens with zero attached hydrogens (tertiary/aromatic N) is 5. The van der Waals surface area contributed by atoms with Gasteiger partial charge < -0.3 is 10.3 Å². The molecule has 0 fully saturated rings. The molecule has 0 spiro atoms. The first-order valence-corrected chi connectivity index (χ1v) is 12.3. The van der Waals surface area contributed by atoms with Crippen molar-refractivity contribution in [3.05, 3.63) is 89.0 Å². The predicted octanol–water partition coefficient (Wildman–Crippen LogP) is 5.66. The molecule has 0 unspecified atom stereocenters. The molecule has 0 aliphatic carbocycles. The molecule has 0 aliphatic rings. The molecule has 5 rings (SSSR count). The van der Waals surface area contributed by atoms with Crippen molar-refractivity contribution in [2.24, 2.45) is 13.0 Å². The number of aryl methyl sites for hydroxylation is 1. The Hall–Kier alpha value is -4.26. The van der Waals surface area contributed by atoms with Crippen molar-refractivity contribution < 1.29 is 0 Å². The van der Waals surface area contributed by atoms with Crippen molar-refractivity contribution in [1.29, 1.82) is 0 Å². The van der Waals surface area contributed by atoms with E-state index in [2.05, 4.69) is 43.1 Å². The van der Waals surface area contributed by atoms with E-state index in [-0.39, 0.29) is 5.56 Å². The lowest BCUT2D eigenvalue weighted by atomic mass is 10.0. The van der Waals surface area contributed by atoms with Crippen molar-refractivity contribution in [2.45, 2.75) is 34.1 Å². The molecule has 36 heavy (non-hydrogen) atoms. The number of nitrogens with two attached hydrogens (primary N) is 1. The molecule has 0 saturated carbocycles. The van der Waals surface area contributed by atoms with Crippen LogP contribution in [-0.2, 0) is 13.5 Å². The normalized spacial score (nSPS) is 10.9. The third kappa shape index (κ3) is 4.91. The van der Waals surface area contributed by atoms with Gasteiger partial charge in [-0.25, -0.2) is 15.0 Å². The van der Waals surface area contributed by atoms with Gasteiger partial charge in [0.05, 0.1) is 11.3 Å². The van der Waals surface area contributed by atoms with Gasteiger partial charge in [-0.3, -0.25) is 9.36 Å². The highest BCUT2D eigenvalue weighted by Crippen LogP contribution is 2.31. The molecular weight excluding hydrogens is 448 g/mol. The van der Waals surface area contributed by atoms with Gasteiger partial charge >= 0.3 is 0 Å². The fourth-order valence-corrected chi connectivity index (χ4v) is 4.11. The van der Waals surface area contributed by atoms with Crippen LogP contribution >= 0.6 is 0 Å². The summed E-state index contributed by atoms with van der Waals surface area (Å²) in [7, 11) is 1.73. The summed E-state index contributed by atoms with van der Waals surface area (Å²) in [6.07, 6.45) is 4.42. The van der Waals surface area contributed by atoms with Gasteiger partial charge in [-0.15, -0.1) is 0 Å². The Balaban J connectivity index is 0.00000148. The lowest BCUT2D eigenvalue weighted by Gasteiger charge is -2.12. The van der Waals surface area contributed by atoms with Gasteiger partial charge in [0.2, 0.25) is 0 Å². The first kappa shape index (κ1) is 24.9. The quantitative estimate of drug-likeness (QED) is 0.351. The van der Waals surface area contributed by atoms with E-state index < -0.39 is 0 Å². The van der Waals surface area contributed by atoms with E-state index in [9.17, 15) is 4.79 Å². The summed E-state index contributed by atoms with van der Waals surface area (Å²) in [5.74, 6) is 1.65. The number of anilines is 1. The topological polar surface area (TPSA) is 91.6 Å². The van der Waals surface area contributed by atoms with Gasteiger partial charge in [0, 0.05) is 36.8 Å². The monoisotopic (exact) mass is 480 g/mol. The molecule has 0 aliphatic heterocycles. The molecule has 7 nitrogen and oxygen atoms in total. The Bertz CT molecular complexity index is 1550. The molecule has 0 atom stereocenters. The van der Waals surface area contributed by atoms with Crippen molar-refractivity contribution in [3.63, 3.8) is 0 Å². The van der Waals surface area contributed by atoms with Crippen molar-refractivity contribution in [3.8, 4) is 28.3 Å². The van der Waals surface area contributed by atoms with E-state index in [0.29, 0.717) is 28.9 Å². The number of hydrogen-bond donors (Lipinski definition) is 1. The number of imidazole rings is 1. The second-order valence-corrected chi connectivity index (χ2v) is 8.88. The highest BCUT2D eigenvalue weighted by Gasteiger charge is 2.19. The maximum Gasteiger partial charge on any atom is 0.250 e. The molecule has 184 valence electrons. The van der Waals surface area contributed by atoms with Gasteiger partial charge in [-0.2, -0.15) is 0 Å². The van der Waals surface area contributed by atoms with Crippen LogP contribution in [0.3, 0.4) is 0 Å². The number of hydrogen-bond acceptors (Lipinski definition) is 5. The summed E-state index contributed by atoms with van der Waals surface area (Å²) in [4.78, 5) is 26.3. The smallest absolute Gasteiger partial charge is 0.250 e. The Labute approximate surface area is 211 Å². The van der Waals surface area contributed by atoms with E-state index in [1.54, 1.807) is 25.5 Å². The Morgan fingerprint density at radius 1 is 0.972 bits per heavy atom. The maximum absolute atomic E-state index is 12.2. The molecule has 0 bridgehead atoms. The third-order valence-corrected chi connectivity index (χ3v) is 5.82. The molecule has 5 aromatic rings. The third-order valence-electron chi connectivity index (χ3n) is 5.82. The Morgan fingerprint density at radius 2 is 1.72 bits per heavy atom. The average molecular weight is 481 g/mol. The zero-order valence-electron chi connectivity index (χ0n) is 21.4. The standard InChI is InChI=1S/C27H26N6O.C2H6/c1-17(2)15-18-6-8-20(9-7-18)33-26(21-5-4-13-29-25(21)28)31-23-11-10-22(30-27(23)33)19-12-14-32(3)24(34)16-19;1-2/h4-14,16-17H,15H2,1-3H3,(H2,28,29);1-2H3. The van der Waals surface area contributed by atoms with Gasteiger partial charge in [0.25, 0.3) is 5.56 Å². The van der Waals surface area contributed by atoms with Crippen molar-refractivity contribution in [2.75, 3.05) is 5.73 Å². The molecule has 7 heteroatoms. The van der Waals surface area contributed by atoms with Crippen LogP contribution in [0.5, 0.6) is 0 Å². The number of rotatable bonds is 5. The van der Waals surface area contributed by atoms with Crippen molar-refractivity contribution in [1.82, 2.24) is 24.1 Å². The summed E-state index contributed by atoms with van der Waals surface area (Å²) in [5, 5.41) is 0. The highest BCUT2D eigenvalue weighted by molar-refractivity contribution is 5.84. The summed E-state index contributed by atoms with van der Waals surface area (Å²) in [6.45, 7) is 8.42. The summed E-state index contributed by atoms with van der Waals surface area (Å²) in [5.41, 5.74) is 12.0. The number of nitrogen functional groups attached to an aromatic ring is 1. The average Bonchev–Trinajstić information content (AvgIpc) is 3.26. The first-order valence-electron chi connectivity index (χ1n) is 12.3. The highest BCUT2D eigenvalue weighted by atomic mass is 16.1. The molecule has 0 radical (unpaired) electrons. The van der Waals surface area contributed by atoms with E-state index in [1.807, 2.05) is 48.7 Å². The van der Waals surface area contributed by atoms with Crippen LogP contribution in [0.25, 0.3) is 39.5 Å². The SMILES string of the molecule is CC.CC(C)Cc1ccc(-n2c(-c3cccnc3N)nc3ccc(-c4ccn(C)c(=O)c4)nc32)cc1. The second kappa shape index (κ2) is 10.6. The van der Waals surface area contributed by atoms with Crippen LogP contribution in [0, 0.1) is 5.92 Å². The minimum absolute atomic E-state index is 0.0857. The molecule has 4 aromatic heterocycles. The summed E-state index contributed by atoms with van der Waals surface area (Å²) < 4.78 is 3.54. The fourth-order valence-electron chi connectivity index (χ4n) is 4.11. The molecule has 1 aromatic carbocycles. The fraction of sp³-hybridized carbons (Fsp3) is 0.241. The van der Waals surface area contributed by atoms with Gasteiger partial charge in [-0.05, 0) is 60.4 Å². The van der Waals surface area contributed by atoms with E-state index in [0.717, 1.165) is 28.8 Å². The number of aromatic nitrogens is 5. The molecule has 2 N–H and O–H groups in total. The van der Waals surface area contributed by atoms with E-state index >= 15 is 0 Å². The van der Waals surface area contributed by atoms with E-state index in [4.69, 9.17) is 15.7 Å². The molecule has 0 amide bonds. The lowest BCUT2D eigenvalue weighted by molar-refractivity contribution is 0.647. The number of benzene rings is 1. The van der Waals surface area contributed by atoms with Crippen LogP contribution < -0.4 is 11.3 Å².